The number of nitrogens with zero attached hydrogens (tertiary/aromatic N) is 1. The second-order valence-electron chi connectivity index (χ2n) is 3.71. The van der Waals surface area contributed by atoms with Crippen molar-refractivity contribution in [2.24, 2.45) is 5.73 Å². The van der Waals surface area contributed by atoms with Gasteiger partial charge in [0.15, 0.2) is 0 Å². The van der Waals surface area contributed by atoms with E-state index in [1.165, 1.54) is 24.3 Å². The maximum atomic E-state index is 5.94. The SMILES string of the molecule is CCN(CC)C1(CN)CCSCC1. The van der Waals surface area contributed by atoms with Crippen LogP contribution in [0, 0.1) is 0 Å². The summed E-state index contributed by atoms with van der Waals surface area (Å²) in [6.45, 7) is 7.58. The first kappa shape index (κ1) is 11.3. The van der Waals surface area contributed by atoms with Crippen molar-refractivity contribution >= 4 is 11.8 Å². The predicted molar refractivity (Wildman–Crippen MR) is 61.3 cm³/mol. The highest BCUT2D eigenvalue weighted by Gasteiger charge is 2.35. The van der Waals surface area contributed by atoms with Gasteiger partial charge in [-0.1, -0.05) is 13.8 Å². The fraction of sp³-hybridized carbons (Fsp3) is 1.00. The quantitative estimate of drug-likeness (QED) is 0.750. The first-order valence-corrected chi connectivity index (χ1v) is 6.47. The van der Waals surface area contributed by atoms with E-state index in [0.717, 1.165) is 19.6 Å². The van der Waals surface area contributed by atoms with Crippen LogP contribution in [0.5, 0.6) is 0 Å². The summed E-state index contributed by atoms with van der Waals surface area (Å²) in [6, 6.07) is 0. The Bertz CT molecular complexity index is 140. The van der Waals surface area contributed by atoms with E-state index in [1.807, 2.05) is 0 Å². The molecule has 2 N–H and O–H groups in total. The summed E-state index contributed by atoms with van der Waals surface area (Å²) >= 11 is 2.07. The first-order valence-electron chi connectivity index (χ1n) is 5.32. The molecule has 1 saturated heterocycles. The Morgan fingerprint density at radius 1 is 1.23 bits per heavy atom. The number of nitrogens with two attached hydrogens (primary N) is 1. The number of hydrogen-bond donors (Lipinski definition) is 1. The second kappa shape index (κ2) is 5.23. The zero-order chi connectivity index (χ0) is 9.73. The van der Waals surface area contributed by atoms with E-state index in [0.29, 0.717) is 5.54 Å². The lowest BCUT2D eigenvalue weighted by molar-refractivity contribution is 0.0969. The van der Waals surface area contributed by atoms with Crippen LogP contribution in [-0.4, -0.2) is 41.6 Å². The fourth-order valence-electron chi connectivity index (χ4n) is 2.30. The molecule has 13 heavy (non-hydrogen) atoms. The molecule has 0 amide bonds. The minimum atomic E-state index is 0.328. The average molecular weight is 202 g/mol. The summed E-state index contributed by atoms with van der Waals surface area (Å²) in [7, 11) is 0. The standard InChI is InChI=1S/C10H22N2S/c1-3-12(4-2)10(9-11)5-7-13-8-6-10/h3-9,11H2,1-2H3. The molecular weight excluding hydrogens is 180 g/mol. The molecule has 0 atom stereocenters. The van der Waals surface area contributed by atoms with Crippen molar-refractivity contribution in [3.8, 4) is 0 Å². The van der Waals surface area contributed by atoms with Gasteiger partial charge in [0, 0.05) is 12.1 Å². The molecule has 0 aromatic rings. The van der Waals surface area contributed by atoms with Crippen molar-refractivity contribution in [3.05, 3.63) is 0 Å². The lowest BCUT2D eigenvalue weighted by atomic mass is 9.90. The van der Waals surface area contributed by atoms with E-state index in [1.54, 1.807) is 0 Å². The highest BCUT2D eigenvalue weighted by molar-refractivity contribution is 7.99. The summed E-state index contributed by atoms with van der Waals surface area (Å²) < 4.78 is 0. The normalized spacial score (nSPS) is 22.2. The lowest BCUT2D eigenvalue weighted by Gasteiger charge is -2.45. The van der Waals surface area contributed by atoms with Crippen molar-refractivity contribution in [2.45, 2.75) is 32.2 Å². The van der Waals surface area contributed by atoms with Crippen molar-refractivity contribution in [1.82, 2.24) is 4.90 Å². The molecule has 1 aliphatic rings. The van der Waals surface area contributed by atoms with Crippen molar-refractivity contribution in [2.75, 3.05) is 31.1 Å². The van der Waals surface area contributed by atoms with Gasteiger partial charge in [-0.2, -0.15) is 11.8 Å². The summed E-state index contributed by atoms with van der Waals surface area (Å²) in [5.74, 6) is 2.57. The monoisotopic (exact) mass is 202 g/mol. The van der Waals surface area contributed by atoms with Gasteiger partial charge in [-0.05, 0) is 37.4 Å². The van der Waals surface area contributed by atoms with Gasteiger partial charge >= 0.3 is 0 Å². The second-order valence-corrected chi connectivity index (χ2v) is 4.94. The topological polar surface area (TPSA) is 29.3 Å². The molecule has 0 radical (unpaired) electrons. The van der Waals surface area contributed by atoms with Crippen LogP contribution in [0.2, 0.25) is 0 Å². The summed E-state index contributed by atoms with van der Waals surface area (Å²) in [6.07, 6.45) is 2.55. The number of hydrogen-bond acceptors (Lipinski definition) is 3. The largest absolute Gasteiger partial charge is 0.329 e. The van der Waals surface area contributed by atoms with Crippen LogP contribution in [0.15, 0.2) is 0 Å². The molecule has 0 aliphatic carbocycles. The van der Waals surface area contributed by atoms with Crippen LogP contribution in [0.4, 0.5) is 0 Å². The molecule has 1 heterocycles. The number of likely N-dealkylation sites (N-methyl/N-ethyl adjacent to an activating group) is 1. The molecule has 0 aromatic carbocycles. The predicted octanol–water partition coefficient (Wildman–Crippen LogP) is 1.55. The molecule has 1 fully saturated rings. The fourth-order valence-corrected chi connectivity index (χ4v) is 3.55. The summed E-state index contributed by atoms with van der Waals surface area (Å²) in [4.78, 5) is 2.55. The van der Waals surface area contributed by atoms with E-state index < -0.39 is 0 Å². The third-order valence-electron chi connectivity index (χ3n) is 3.24. The number of rotatable bonds is 4. The molecule has 0 bridgehead atoms. The molecular formula is C10H22N2S. The molecule has 78 valence electrons. The lowest BCUT2D eigenvalue weighted by Crippen LogP contribution is -2.55. The third-order valence-corrected chi connectivity index (χ3v) is 4.22. The van der Waals surface area contributed by atoms with Gasteiger partial charge in [-0.3, -0.25) is 4.90 Å². The van der Waals surface area contributed by atoms with Crippen molar-refractivity contribution in [1.29, 1.82) is 0 Å². The van der Waals surface area contributed by atoms with Crippen LogP contribution < -0.4 is 5.73 Å². The van der Waals surface area contributed by atoms with Gasteiger partial charge in [-0.25, -0.2) is 0 Å². The maximum Gasteiger partial charge on any atom is 0.0347 e. The van der Waals surface area contributed by atoms with Crippen LogP contribution in [0.1, 0.15) is 26.7 Å². The third kappa shape index (κ3) is 2.39. The van der Waals surface area contributed by atoms with Gasteiger partial charge in [0.2, 0.25) is 0 Å². The minimum Gasteiger partial charge on any atom is -0.329 e. The highest BCUT2D eigenvalue weighted by atomic mass is 32.2. The molecule has 0 spiro atoms. The van der Waals surface area contributed by atoms with Crippen LogP contribution in [-0.2, 0) is 0 Å². The smallest absolute Gasteiger partial charge is 0.0347 e. The number of thioether (sulfide) groups is 1. The molecule has 0 saturated carbocycles. The Morgan fingerprint density at radius 3 is 2.15 bits per heavy atom. The molecule has 3 heteroatoms. The van der Waals surface area contributed by atoms with Crippen LogP contribution in [0.25, 0.3) is 0 Å². The Labute approximate surface area is 86.2 Å². The van der Waals surface area contributed by atoms with E-state index in [4.69, 9.17) is 5.73 Å². The van der Waals surface area contributed by atoms with Crippen molar-refractivity contribution in [3.63, 3.8) is 0 Å². The minimum absolute atomic E-state index is 0.328. The van der Waals surface area contributed by atoms with Gasteiger partial charge in [0.05, 0.1) is 0 Å². The van der Waals surface area contributed by atoms with Crippen molar-refractivity contribution < 1.29 is 0 Å². The molecule has 1 aliphatic heterocycles. The van der Waals surface area contributed by atoms with Gasteiger partial charge in [0.25, 0.3) is 0 Å². The first-order chi connectivity index (χ1) is 6.29. The molecule has 0 unspecified atom stereocenters. The van der Waals surface area contributed by atoms with Gasteiger partial charge < -0.3 is 5.73 Å². The van der Waals surface area contributed by atoms with Gasteiger partial charge in [0.1, 0.15) is 0 Å². The van der Waals surface area contributed by atoms with Gasteiger partial charge in [-0.15, -0.1) is 0 Å². The van der Waals surface area contributed by atoms with E-state index in [9.17, 15) is 0 Å². The summed E-state index contributed by atoms with van der Waals surface area (Å²) in [5.41, 5.74) is 6.27. The molecule has 0 aromatic heterocycles. The van der Waals surface area contributed by atoms with Crippen LogP contribution in [0.3, 0.4) is 0 Å². The summed E-state index contributed by atoms with van der Waals surface area (Å²) in [5, 5.41) is 0. The highest BCUT2D eigenvalue weighted by Crippen LogP contribution is 2.31. The van der Waals surface area contributed by atoms with E-state index in [2.05, 4.69) is 30.5 Å². The Kier molecular flexibility index (Phi) is 4.56. The van der Waals surface area contributed by atoms with E-state index >= 15 is 0 Å². The zero-order valence-electron chi connectivity index (χ0n) is 8.88. The Balaban J connectivity index is 2.64. The van der Waals surface area contributed by atoms with E-state index in [-0.39, 0.29) is 0 Å². The maximum absolute atomic E-state index is 5.94. The Hall–Kier alpha value is 0.270. The Morgan fingerprint density at radius 2 is 1.77 bits per heavy atom. The zero-order valence-corrected chi connectivity index (χ0v) is 9.70. The molecule has 1 rings (SSSR count). The van der Waals surface area contributed by atoms with Crippen LogP contribution >= 0.6 is 11.8 Å². The average Bonchev–Trinajstić information content (AvgIpc) is 2.21. The molecule has 2 nitrogen and oxygen atoms in total.